The van der Waals surface area contributed by atoms with Gasteiger partial charge in [0.15, 0.2) is 6.10 Å². The van der Waals surface area contributed by atoms with Crippen molar-refractivity contribution in [1.29, 1.82) is 0 Å². The number of carboxylic acids is 1. The van der Waals surface area contributed by atoms with Gasteiger partial charge in [0.05, 0.1) is 23.9 Å². The molecular weight excluding hydrogens is 474 g/mol. The molecule has 4 rings (SSSR count). The van der Waals surface area contributed by atoms with E-state index in [1.54, 1.807) is 11.9 Å². The summed E-state index contributed by atoms with van der Waals surface area (Å²) in [5.41, 5.74) is 7.59. The SMILES string of the molecule is O=C(O)C(O)CNCCCOc1cccc(-c2cccc(NN3Cc4ccccc4S3)c2)c1Cl. The van der Waals surface area contributed by atoms with E-state index in [0.29, 0.717) is 30.3 Å². The highest BCUT2D eigenvalue weighted by atomic mass is 35.5. The minimum Gasteiger partial charge on any atom is -0.492 e. The van der Waals surface area contributed by atoms with Crippen molar-refractivity contribution in [2.75, 3.05) is 25.1 Å². The molecule has 0 aliphatic carbocycles. The van der Waals surface area contributed by atoms with Gasteiger partial charge in [-0.15, -0.1) is 0 Å². The lowest BCUT2D eigenvalue weighted by Gasteiger charge is -2.17. The average molecular weight is 500 g/mol. The summed E-state index contributed by atoms with van der Waals surface area (Å²) in [7, 11) is 0. The van der Waals surface area contributed by atoms with Crippen LogP contribution in [0.15, 0.2) is 71.6 Å². The Morgan fingerprint density at radius 1 is 1.15 bits per heavy atom. The molecule has 1 aliphatic rings. The number of halogens is 1. The molecule has 178 valence electrons. The fourth-order valence-electron chi connectivity index (χ4n) is 3.54. The number of benzene rings is 3. The number of hydrogen-bond acceptors (Lipinski definition) is 7. The summed E-state index contributed by atoms with van der Waals surface area (Å²) in [5.74, 6) is -0.649. The Labute approximate surface area is 207 Å². The highest BCUT2D eigenvalue weighted by Gasteiger charge is 2.19. The summed E-state index contributed by atoms with van der Waals surface area (Å²) in [6.07, 6.45) is -0.765. The number of aliphatic hydroxyl groups is 1. The molecular formula is C25H26ClN3O4S. The number of aliphatic hydroxyl groups excluding tert-OH is 1. The van der Waals surface area contributed by atoms with Crippen LogP contribution in [0.3, 0.4) is 0 Å². The van der Waals surface area contributed by atoms with Crippen LogP contribution in [0.25, 0.3) is 11.1 Å². The first-order valence-electron chi connectivity index (χ1n) is 10.9. The molecule has 3 aromatic carbocycles. The number of ether oxygens (including phenoxy) is 1. The number of hydrazine groups is 1. The molecule has 3 aromatic rings. The van der Waals surface area contributed by atoms with Crippen LogP contribution in [-0.2, 0) is 11.3 Å². The summed E-state index contributed by atoms with van der Waals surface area (Å²) >= 11 is 8.35. The van der Waals surface area contributed by atoms with Crippen LogP contribution in [0.1, 0.15) is 12.0 Å². The van der Waals surface area contributed by atoms with E-state index in [1.807, 2.05) is 42.5 Å². The van der Waals surface area contributed by atoms with Crippen LogP contribution >= 0.6 is 23.5 Å². The highest BCUT2D eigenvalue weighted by molar-refractivity contribution is 7.97. The molecule has 1 aliphatic heterocycles. The zero-order valence-corrected chi connectivity index (χ0v) is 20.0. The lowest BCUT2D eigenvalue weighted by Crippen LogP contribution is -2.33. The van der Waals surface area contributed by atoms with Crippen molar-refractivity contribution in [3.8, 4) is 16.9 Å². The molecule has 4 N–H and O–H groups in total. The van der Waals surface area contributed by atoms with E-state index in [1.165, 1.54) is 10.5 Å². The summed E-state index contributed by atoms with van der Waals surface area (Å²) < 4.78 is 7.95. The van der Waals surface area contributed by atoms with E-state index >= 15 is 0 Å². The van der Waals surface area contributed by atoms with Gasteiger partial charge in [0.2, 0.25) is 0 Å². The lowest BCUT2D eigenvalue weighted by molar-refractivity contribution is -0.146. The van der Waals surface area contributed by atoms with Gasteiger partial charge in [0, 0.05) is 17.0 Å². The summed E-state index contributed by atoms with van der Waals surface area (Å²) in [5, 5.41) is 21.4. The smallest absolute Gasteiger partial charge is 0.333 e. The Hall–Kier alpha value is -2.75. The molecule has 0 aromatic heterocycles. The second kappa shape index (κ2) is 11.6. The predicted octanol–water partition coefficient (Wildman–Crippen LogP) is 4.66. The van der Waals surface area contributed by atoms with Crippen molar-refractivity contribution in [2.24, 2.45) is 0 Å². The van der Waals surface area contributed by atoms with Crippen LogP contribution in [0.5, 0.6) is 5.75 Å². The lowest BCUT2D eigenvalue weighted by atomic mass is 10.0. The first kappa shape index (κ1) is 24.4. The molecule has 0 spiro atoms. The highest BCUT2D eigenvalue weighted by Crippen LogP contribution is 2.38. The van der Waals surface area contributed by atoms with Crippen molar-refractivity contribution in [3.05, 3.63) is 77.3 Å². The van der Waals surface area contributed by atoms with Gasteiger partial charge in [-0.2, -0.15) is 4.41 Å². The third-order valence-electron chi connectivity index (χ3n) is 5.26. The molecule has 0 saturated heterocycles. The maximum Gasteiger partial charge on any atom is 0.333 e. The first-order valence-corrected chi connectivity index (χ1v) is 12.1. The summed E-state index contributed by atoms with van der Waals surface area (Å²) in [6, 6.07) is 22.2. The van der Waals surface area contributed by atoms with Crippen LogP contribution < -0.4 is 15.5 Å². The molecule has 1 heterocycles. The first-order chi connectivity index (χ1) is 16.5. The Morgan fingerprint density at radius 2 is 1.97 bits per heavy atom. The number of nitrogens with one attached hydrogen (secondary N) is 2. The van der Waals surface area contributed by atoms with Gasteiger partial charge in [-0.1, -0.05) is 54.1 Å². The molecule has 9 heteroatoms. The summed E-state index contributed by atoms with van der Waals surface area (Å²) in [4.78, 5) is 11.9. The Kier molecular flexibility index (Phi) is 8.31. The zero-order chi connectivity index (χ0) is 23.9. The normalized spacial score (nSPS) is 13.9. The van der Waals surface area contributed by atoms with E-state index < -0.39 is 12.1 Å². The Bertz CT molecular complexity index is 1120. The molecule has 34 heavy (non-hydrogen) atoms. The minimum atomic E-state index is -1.41. The quantitative estimate of drug-likeness (QED) is 0.223. The minimum absolute atomic E-state index is 0.00201. The van der Waals surface area contributed by atoms with Gasteiger partial charge < -0.3 is 25.7 Å². The van der Waals surface area contributed by atoms with E-state index in [4.69, 9.17) is 21.4 Å². The van der Waals surface area contributed by atoms with Gasteiger partial charge >= 0.3 is 5.97 Å². The number of aliphatic carboxylic acids is 1. The molecule has 7 nitrogen and oxygen atoms in total. The molecule has 0 amide bonds. The fourth-order valence-corrected chi connectivity index (χ4v) is 4.81. The molecule has 1 atom stereocenters. The van der Waals surface area contributed by atoms with Gasteiger partial charge in [-0.25, -0.2) is 4.79 Å². The second-order valence-electron chi connectivity index (χ2n) is 7.81. The summed E-state index contributed by atoms with van der Waals surface area (Å²) in [6.45, 7) is 1.75. The van der Waals surface area contributed by atoms with Gasteiger partial charge in [-0.05, 0) is 60.3 Å². The number of carbonyl (C=O) groups is 1. The molecule has 0 radical (unpaired) electrons. The molecule has 0 saturated carbocycles. The molecule has 0 bridgehead atoms. The van der Waals surface area contributed by atoms with Crippen LogP contribution in [0.4, 0.5) is 5.69 Å². The number of rotatable bonds is 11. The third kappa shape index (κ3) is 6.22. The van der Waals surface area contributed by atoms with Crippen molar-refractivity contribution in [3.63, 3.8) is 0 Å². The van der Waals surface area contributed by atoms with E-state index in [9.17, 15) is 9.90 Å². The topological polar surface area (TPSA) is 94.1 Å². The Morgan fingerprint density at radius 3 is 2.79 bits per heavy atom. The fraction of sp³-hybridized carbons (Fsp3) is 0.240. The van der Waals surface area contributed by atoms with Gasteiger partial charge in [0.1, 0.15) is 5.75 Å². The van der Waals surface area contributed by atoms with Crippen LogP contribution in [-0.4, -0.2) is 46.4 Å². The zero-order valence-electron chi connectivity index (χ0n) is 18.4. The maximum absolute atomic E-state index is 10.6. The predicted molar refractivity (Wildman–Crippen MR) is 135 cm³/mol. The Balaban J connectivity index is 1.34. The average Bonchev–Trinajstić information content (AvgIpc) is 3.24. The molecule has 1 unspecified atom stereocenters. The van der Waals surface area contributed by atoms with E-state index in [2.05, 4.69) is 39.4 Å². The van der Waals surface area contributed by atoms with Crippen molar-refractivity contribution >= 4 is 35.2 Å². The number of anilines is 1. The maximum atomic E-state index is 10.6. The number of hydrogen-bond donors (Lipinski definition) is 4. The third-order valence-corrected chi connectivity index (χ3v) is 6.69. The number of nitrogens with zero attached hydrogens (tertiary/aromatic N) is 1. The van der Waals surface area contributed by atoms with Crippen molar-refractivity contribution in [2.45, 2.75) is 24.0 Å². The van der Waals surface area contributed by atoms with E-state index in [-0.39, 0.29) is 6.54 Å². The largest absolute Gasteiger partial charge is 0.492 e. The second-order valence-corrected chi connectivity index (χ2v) is 9.25. The van der Waals surface area contributed by atoms with E-state index in [0.717, 1.165) is 23.4 Å². The monoisotopic (exact) mass is 499 g/mol. The van der Waals surface area contributed by atoms with Crippen molar-refractivity contribution < 1.29 is 19.7 Å². The number of carboxylic acid groups (broad SMARTS) is 1. The molecule has 0 fully saturated rings. The van der Waals surface area contributed by atoms with Crippen LogP contribution in [0, 0.1) is 0 Å². The van der Waals surface area contributed by atoms with Gasteiger partial charge in [-0.3, -0.25) is 0 Å². The standard InChI is InChI=1S/C25H26ClN3O4S/c26-24-20(9-4-10-22(24)33-13-5-12-27-15-21(30)25(31)32)17-7-3-8-19(14-17)28-29-16-18-6-1-2-11-23(18)34-29/h1-4,6-11,14,21,27-28,30H,5,12-13,15-16H2,(H,31,32). The number of fused-ring (bicyclic) bond motifs is 1. The van der Waals surface area contributed by atoms with Gasteiger partial charge in [0.25, 0.3) is 0 Å². The van der Waals surface area contributed by atoms with Crippen molar-refractivity contribution in [1.82, 2.24) is 9.73 Å². The van der Waals surface area contributed by atoms with Crippen LogP contribution in [0.2, 0.25) is 5.02 Å².